The molecular weight excluding hydrogens is 267 g/mol. The highest BCUT2D eigenvalue weighted by atomic mass is 35.5. The van der Waals surface area contributed by atoms with Gasteiger partial charge in [-0.15, -0.1) is 0 Å². The first-order valence-electron chi connectivity index (χ1n) is 4.77. The van der Waals surface area contributed by atoms with Crippen molar-refractivity contribution >= 4 is 29.2 Å². The van der Waals surface area contributed by atoms with Crippen LogP contribution in [-0.2, 0) is 9.53 Å². The van der Waals surface area contributed by atoms with Crippen LogP contribution in [0.3, 0.4) is 0 Å². The maximum Gasteiger partial charge on any atom is 0.346 e. The fraction of sp³-hybridized carbons (Fsp3) is 0.364. The smallest absolute Gasteiger partial charge is 0.346 e. The van der Waals surface area contributed by atoms with Gasteiger partial charge < -0.3 is 14.2 Å². The van der Waals surface area contributed by atoms with E-state index in [-0.39, 0.29) is 0 Å². The van der Waals surface area contributed by atoms with Crippen LogP contribution in [0.2, 0.25) is 10.0 Å². The first-order chi connectivity index (χ1) is 7.99. The van der Waals surface area contributed by atoms with Gasteiger partial charge in [-0.3, -0.25) is 0 Å². The third-order valence-electron chi connectivity index (χ3n) is 2.04. The van der Waals surface area contributed by atoms with Crippen LogP contribution in [0.1, 0.15) is 6.92 Å². The molecule has 0 saturated carbocycles. The maximum absolute atomic E-state index is 11.2. The molecule has 6 heteroatoms. The van der Waals surface area contributed by atoms with Crippen molar-refractivity contribution in [3.63, 3.8) is 0 Å². The lowest BCUT2D eigenvalue weighted by molar-refractivity contribution is -0.147. The summed E-state index contributed by atoms with van der Waals surface area (Å²) in [6.45, 7) is 1.56. The summed E-state index contributed by atoms with van der Waals surface area (Å²) in [5, 5.41) is 0.669. The van der Waals surface area contributed by atoms with E-state index in [0.717, 1.165) is 0 Å². The number of rotatable bonds is 4. The molecule has 1 atom stereocenters. The molecule has 0 N–H and O–H groups in total. The average Bonchev–Trinajstić information content (AvgIpc) is 2.31. The molecule has 0 aliphatic heterocycles. The third-order valence-corrected chi connectivity index (χ3v) is 2.63. The van der Waals surface area contributed by atoms with Crippen LogP contribution in [0.4, 0.5) is 0 Å². The molecule has 0 fully saturated rings. The van der Waals surface area contributed by atoms with E-state index in [1.54, 1.807) is 6.92 Å². The fourth-order valence-electron chi connectivity index (χ4n) is 1.16. The molecule has 0 spiro atoms. The second-order valence-electron chi connectivity index (χ2n) is 3.20. The van der Waals surface area contributed by atoms with E-state index in [4.69, 9.17) is 32.7 Å². The zero-order valence-corrected chi connectivity index (χ0v) is 11.1. The molecule has 94 valence electrons. The van der Waals surface area contributed by atoms with Crippen LogP contribution in [0, 0.1) is 0 Å². The molecule has 0 bridgehead atoms. The van der Waals surface area contributed by atoms with Crippen molar-refractivity contribution in [3.8, 4) is 11.5 Å². The molecule has 0 amide bonds. The summed E-state index contributed by atoms with van der Waals surface area (Å²) in [5.41, 5.74) is 0. The normalized spacial score (nSPS) is 11.8. The Labute approximate surface area is 109 Å². The Morgan fingerprint density at radius 2 is 1.76 bits per heavy atom. The summed E-state index contributed by atoms with van der Waals surface area (Å²) >= 11 is 11.8. The molecular formula is C11H12Cl2O4. The highest BCUT2D eigenvalue weighted by molar-refractivity contribution is 6.36. The number of hydrogen-bond acceptors (Lipinski definition) is 4. The van der Waals surface area contributed by atoms with Crippen LogP contribution in [0.5, 0.6) is 11.5 Å². The van der Waals surface area contributed by atoms with Gasteiger partial charge in [-0.25, -0.2) is 4.79 Å². The largest absolute Gasteiger partial charge is 0.495 e. The third kappa shape index (κ3) is 3.41. The lowest BCUT2D eigenvalue weighted by Crippen LogP contribution is -2.25. The number of carbonyl (C=O) groups excluding carboxylic acids is 1. The Bertz CT molecular complexity index is 420. The van der Waals surface area contributed by atoms with Crippen molar-refractivity contribution in [2.24, 2.45) is 0 Å². The summed E-state index contributed by atoms with van der Waals surface area (Å²) < 4.78 is 14.9. The Kier molecular flexibility index (Phi) is 4.90. The van der Waals surface area contributed by atoms with Crippen molar-refractivity contribution in [2.45, 2.75) is 13.0 Å². The number of benzene rings is 1. The zero-order valence-electron chi connectivity index (χ0n) is 9.62. The molecule has 1 aromatic carbocycles. The van der Waals surface area contributed by atoms with Crippen LogP contribution >= 0.6 is 23.2 Å². The van der Waals surface area contributed by atoms with Crippen LogP contribution in [0.15, 0.2) is 12.1 Å². The van der Waals surface area contributed by atoms with Gasteiger partial charge in [-0.2, -0.15) is 0 Å². The first-order valence-corrected chi connectivity index (χ1v) is 5.52. The minimum atomic E-state index is -0.761. The fourth-order valence-corrected chi connectivity index (χ4v) is 1.67. The Morgan fingerprint density at radius 1 is 1.18 bits per heavy atom. The Hall–Kier alpha value is -1.13. The molecule has 1 aromatic rings. The monoisotopic (exact) mass is 278 g/mol. The van der Waals surface area contributed by atoms with Crippen molar-refractivity contribution < 1.29 is 19.0 Å². The van der Waals surface area contributed by atoms with Crippen molar-refractivity contribution in [1.29, 1.82) is 0 Å². The molecule has 0 saturated heterocycles. The summed E-state index contributed by atoms with van der Waals surface area (Å²) in [7, 11) is 2.76. The lowest BCUT2D eigenvalue weighted by atomic mass is 10.3. The molecule has 1 rings (SSSR count). The minimum absolute atomic E-state index is 0.298. The maximum atomic E-state index is 11.2. The number of esters is 1. The minimum Gasteiger partial charge on any atom is -0.495 e. The van der Waals surface area contributed by atoms with Gasteiger partial charge in [-0.1, -0.05) is 23.2 Å². The van der Waals surface area contributed by atoms with Gasteiger partial charge >= 0.3 is 5.97 Å². The van der Waals surface area contributed by atoms with Gasteiger partial charge in [0, 0.05) is 6.07 Å². The average molecular weight is 279 g/mol. The first kappa shape index (κ1) is 13.9. The summed E-state index contributed by atoms with van der Waals surface area (Å²) in [4.78, 5) is 11.2. The Morgan fingerprint density at radius 3 is 2.29 bits per heavy atom. The van der Waals surface area contributed by atoms with Crippen LogP contribution in [0.25, 0.3) is 0 Å². The molecule has 0 radical (unpaired) electrons. The van der Waals surface area contributed by atoms with E-state index < -0.39 is 12.1 Å². The van der Waals surface area contributed by atoms with E-state index >= 15 is 0 Å². The van der Waals surface area contributed by atoms with Crippen molar-refractivity contribution in [1.82, 2.24) is 0 Å². The molecule has 17 heavy (non-hydrogen) atoms. The van der Waals surface area contributed by atoms with E-state index in [1.165, 1.54) is 26.4 Å². The predicted octanol–water partition coefficient (Wildman–Crippen LogP) is 2.94. The van der Waals surface area contributed by atoms with Gasteiger partial charge in [0.15, 0.2) is 6.10 Å². The zero-order chi connectivity index (χ0) is 13.0. The van der Waals surface area contributed by atoms with Gasteiger partial charge in [0.2, 0.25) is 0 Å². The summed E-state index contributed by atoms with van der Waals surface area (Å²) in [5.74, 6) is 0.240. The molecule has 0 aliphatic carbocycles. The van der Waals surface area contributed by atoms with E-state index in [1.807, 2.05) is 0 Å². The Balaban J connectivity index is 2.94. The van der Waals surface area contributed by atoms with Crippen LogP contribution < -0.4 is 9.47 Å². The SMILES string of the molecule is COC(=O)[C@H](C)Oc1cc(OC)c(Cl)cc1Cl. The second kappa shape index (κ2) is 5.98. The van der Waals surface area contributed by atoms with Crippen molar-refractivity contribution in [2.75, 3.05) is 14.2 Å². The number of halogens is 2. The van der Waals surface area contributed by atoms with Gasteiger partial charge in [0.1, 0.15) is 11.5 Å². The summed E-state index contributed by atoms with van der Waals surface area (Å²) in [6.07, 6.45) is -0.761. The number of carbonyl (C=O) groups is 1. The van der Waals surface area contributed by atoms with E-state index in [2.05, 4.69) is 4.74 Å². The van der Waals surface area contributed by atoms with Gasteiger partial charge in [0.25, 0.3) is 0 Å². The number of hydrogen-bond donors (Lipinski definition) is 0. The van der Waals surface area contributed by atoms with Crippen molar-refractivity contribution in [3.05, 3.63) is 22.2 Å². The molecule has 4 nitrogen and oxygen atoms in total. The molecule has 0 heterocycles. The second-order valence-corrected chi connectivity index (χ2v) is 4.01. The predicted molar refractivity (Wildman–Crippen MR) is 65.1 cm³/mol. The highest BCUT2D eigenvalue weighted by Gasteiger charge is 2.17. The lowest BCUT2D eigenvalue weighted by Gasteiger charge is -2.15. The molecule has 0 aliphatic rings. The summed E-state index contributed by atoms with van der Waals surface area (Å²) in [6, 6.07) is 3.01. The topological polar surface area (TPSA) is 44.8 Å². The quantitative estimate of drug-likeness (QED) is 0.795. The van der Waals surface area contributed by atoms with E-state index in [9.17, 15) is 4.79 Å². The number of ether oxygens (including phenoxy) is 3. The van der Waals surface area contributed by atoms with Gasteiger partial charge in [-0.05, 0) is 13.0 Å². The molecule has 0 aromatic heterocycles. The standard InChI is InChI=1S/C11H12Cl2O4/c1-6(11(14)16-3)17-10-5-9(15-2)7(12)4-8(10)13/h4-6H,1-3H3/t6-/m0/s1. The van der Waals surface area contributed by atoms with Gasteiger partial charge in [0.05, 0.1) is 24.3 Å². The molecule has 0 unspecified atom stereocenters. The van der Waals surface area contributed by atoms with Crippen LogP contribution in [-0.4, -0.2) is 26.3 Å². The van der Waals surface area contributed by atoms with E-state index in [0.29, 0.717) is 21.5 Å². The number of methoxy groups -OCH3 is 2. The highest BCUT2D eigenvalue weighted by Crippen LogP contribution is 2.36.